The molecule has 0 aliphatic heterocycles. The van der Waals surface area contributed by atoms with Crippen LogP contribution in [0.2, 0.25) is 0 Å². The molecule has 0 aromatic carbocycles. The highest BCUT2D eigenvalue weighted by molar-refractivity contribution is 6.06. The number of nitrogens with two attached hydrogens (primary N) is 1. The number of halogens is 3. The summed E-state index contributed by atoms with van der Waals surface area (Å²) in [5.41, 5.74) is 4.27. The maximum absolute atomic E-state index is 12.2. The van der Waals surface area contributed by atoms with Crippen molar-refractivity contribution in [3.8, 4) is 0 Å². The molecule has 0 bridgehead atoms. The number of nitrogens with zero attached hydrogens (tertiary/aromatic N) is 2. The zero-order valence-corrected chi connectivity index (χ0v) is 11.3. The Kier molecular flexibility index (Phi) is 6.11. The monoisotopic (exact) mass is 283 g/mol. The van der Waals surface area contributed by atoms with Crippen molar-refractivity contribution in [3.63, 3.8) is 0 Å². The number of hydrogen-bond donors (Lipinski definition) is 2. The molecular formula is C11H20F3N3O2. The number of alkyl halides is 3. The van der Waals surface area contributed by atoms with Gasteiger partial charge in [0, 0.05) is 13.6 Å². The van der Waals surface area contributed by atoms with Gasteiger partial charge in [0.1, 0.15) is 5.41 Å². The molecule has 112 valence electrons. The van der Waals surface area contributed by atoms with E-state index in [1.807, 2.05) is 0 Å². The average Bonchev–Trinajstić information content (AvgIpc) is 2.36. The van der Waals surface area contributed by atoms with Gasteiger partial charge in [-0.05, 0) is 12.8 Å². The fourth-order valence-corrected chi connectivity index (χ4v) is 1.88. The number of hydrogen-bond acceptors (Lipinski definition) is 3. The minimum atomic E-state index is -4.33. The number of amidine groups is 1. The molecule has 0 atom stereocenters. The number of rotatable bonds is 6. The second kappa shape index (κ2) is 6.63. The van der Waals surface area contributed by atoms with E-state index in [2.05, 4.69) is 5.16 Å². The number of carbonyl (C=O) groups is 1. The van der Waals surface area contributed by atoms with Gasteiger partial charge in [-0.1, -0.05) is 19.0 Å². The van der Waals surface area contributed by atoms with Gasteiger partial charge in [-0.15, -0.1) is 0 Å². The maximum Gasteiger partial charge on any atom is 0.390 e. The molecule has 0 radical (unpaired) electrons. The summed E-state index contributed by atoms with van der Waals surface area (Å²) in [5.74, 6) is -0.849. The van der Waals surface area contributed by atoms with E-state index in [1.165, 1.54) is 7.05 Å². The fraction of sp³-hybridized carbons (Fsp3) is 0.818. The largest absolute Gasteiger partial charge is 0.409 e. The predicted molar refractivity (Wildman–Crippen MR) is 64.7 cm³/mol. The lowest BCUT2D eigenvalue weighted by atomic mass is 9.79. The van der Waals surface area contributed by atoms with Crippen LogP contribution in [0.3, 0.4) is 0 Å². The van der Waals surface area contributed by atoms with Gasteiger partial charge >= 0.3 is 6.18 Å². The Hall–Kier alpha value is -1.47. The van der Waals surface area contributed by atoms with Crippen LogP contribution in [0.4, 0.5) is 13.2 Å². The van der Waals surface area contributed by atoms with Crippen LogP contribution in [-0.2, 0) is 4.79 Å². The molecule has 0 spiro atoms. The molecule has 8 heteroatoms. The molecule has 1 amide bonds. The summed E-state index contributed by atoms with van der Waals surface area (Å²) in [7, 11) is 1.28. The Morgan fingerprint density at radius 1 is 1.32 bits per heavy atom. The van der Waals surface area contributed by atoms with Crippen LogP contribution in [-0.4, -0.2) is 41.6 Å². The Bertz CT molecular complexity index is 339. The molecule has 3 N–H and O–H groups in total. The van der Waals surface area contributed by atoms with Crippen molar-refractivity contribution in [2.75, 3.05) is 13.6 Å². The standard InChI is InChI=1S/C11H20F3N3O2/c1-4-10(5-2,8(15)16-19)9(18)17(3)7-6-11(12,13)14/h19H,4-7H2,1-3H3,(H2,15,16). The smallest absolute Gasteiger partial charge is 0.390 e. The second-order valence-electron chi connectivity index (χ2n) is 4.37. The zero-order valence-electron chi connectivity index (χ0n) is 11.3. The Balaban J connectivity index is 5.02. The number of carbonyl (C=O) groups excluding carboxylic acids is 1. The Morgan fingerprint density at radius 2 is 1.79 bits per heavy atom. The van der Waals surface area contributed by atoms with Gasteiger partial charge in [0.15, 0.2) is 5.84 Å². The maximum atomic E-state index is 12.2. The molecule has 0 saturated carbocycles. The summed E-state index contributed by atoms with van der Waals surface area (Å²) in [5, 5.41) is 11.6. The quantitative estimate of drug-likeness (QED) is 0.338. The van der Waals surface area contributed by atoms with Crippen molar-refractivity contribution in [1.82, 2.24) is 4.90 Å². The van der Waals surface area contributed by atoms with Crippen molar-refractivity contribution < 1.29 is 23.2 Å². The lowest BCUT2D eigenvalue weighted by molar-refractivity contribution is -0.148. The van der Waals surface area contributed by atoms with Crippen molar-refractivity contribution in [2.45, 2.75) is 39.3 Å². The summed E-state index contributed by atoms with van der Waals surface area (Å²) in [4.78, 5) is 13.2. The molecule has 0 heterocycles. The average molecular weight is 283 g/mol. The van der Waals surface area contributed by atoms with Crippen molar-refractivity contribution >= 4 is 11.7 Å². The van der Waals surface area contributed by atoms with Gasteiger partial charge in [0.2, 0.25) is 5.91 Å². The molecule has 0 aromatic heterocycles. The molecule has 0 rings (SSSR count). The molecule has 0 saturated heterocycles. The van der Waals surface area contributed by atoms with E-state index in [0.717, 1.165) is 4.90 Å². The summed E-state index contributed by atoms with van der Waals surface area (Å²) in [6.45, 7) is 2.87. The first-order chi connectivity index (χ1) is 8.64. The van der Waals surface area contributed by atoms with Crippen LogP contribution in [0.15, 0.2) is 5.16 Å². The molecule has 19 heavy (non-hydrogen) atoms. The summed E-state index contributed by atoms with van der Waals surface area (Å²) >= 11 is 0. The van der Waals surface area contributed by atoms with E-state index >= 15 is 0 Å². The van der Waals surface area contributed by atoms with Crippen LogP contribution in [0.1, 0.15) is 33.1 Å². The van der Waals surface area contributed by atoms with Gasteiger partial charge < -0.3 is 15.8 Å². The van der Waals surface area contributed by atoms with Crippen LogP contribution in [0.25, 0.3) is 0 Å². The minimum absolute atomic E-state index is 0.245. The molecule has 0 aromatic rings. The summed E-state index contributed by atoms with van der Waals surface area (Å²) < 4.78 is 36.4. The van der Waals surface area contributed by atoms with Gasteiger partial charge in [-0.3, -0.25) is 4.79 Å². The van der Waals surface area contributed by atoms with E-state index in [-0.39, 0.29) is 18.7 Å². The van der Waals surface area contributed by atoms with Gasteiger partial charge in [-0.2, -0.15) is 13.2 Å². The van der Waals surface area contributed by atoms with Crippen LogP contribution in [0.5, 0.6) is 0 Å². The summed E-state index contributed by atoms with van der Waals surface area (Å²) in [6, 6.07) is 0. The van der Waals surface area contributed by atoms with Gasteiger partial charge in [-0.25, -0.2) is 0 Å². The van der Waals surface area contributed by atoms with E-state index < -0.39 is 30.5 Å². The van der Waals surface area contributed by atoms with Crippen LogP contribution < -0.4 is 5.73 Å². The first-order valence-corrected chi connectivity index (χ1v) is 5.95. The zero-order chi connectivity index (χ0) is 15.3. The van der Waals surface area contributed by atoms with Crippen molar-refractivity contribution in [2.24, 2.45) is 16.3 Å². The first kappa shape index (κ1) is 17.5. The molecule has 0 fully saturated rings. The fourth-order valence-electron chi connectivity index (χ4n) is 1.88. The lowest BCUT2D eigenvalue weighted by Crippen LogP contribution is -2.50. The van der Waals surface area contributed by atoms with Crippen molar-refractivity contribution in [1.29, 1.82) is 0 Å². The number of oxime groups is 1. The highest BCUT2D eigenvalue weighted by Crippen LogP contribution is 2.30. The van der Waals surface area contributed by atoms with E-state index in [9.17, 15) is 18.0 Å². The summed E-state index contributed by atoms with van der Waals surface area (Å²) in [6.07, 6.45) is -4.93. The van der Waals surface area contributed by atoms with Crippen LogP contribution in [0, 0.1) is 5.41 Å². The molecule has 5 nitrogen and oxygen atoms in total. The lowest BCUT2D eigenvalue weighted by Gasteiger charge is -2.33. The molecule has 0 aliphatic carbocycles. The topological polar surface area (TPSA) is 78.9 Å². The van der Waals surface area contributed by atoms with Gasteiger partial charge in [0.05, 0.1) is 6.42 Å². The van der Waals surface area contributed by atoms with E-state index in [1.54, 1.807) is 13.8 Å². The third kappa shape index (κ3) is 4.29. The Morgan fingerprint density at radius 3 is 2.11 bits per heavy atom. The predicted octanol–water partition coefficient (Wildman–Crippen LogP) is 1.95. The Labute approximate surface area is 110 Å². The van der Waals surface area contributed by atoms with E-state index in [4.69, 9.17) is 10.9 Å². The SMILES string of the molecule is CCC(CC)(C(=O)N(C)CCC(F)(F)F)C(N)=NO. The molecule has 0 unspecified atom stereocenters. The highest BCUT2D eigenvalue weighted by atomic mass is 19.4. The van der Waals surface area contributed by atoms with Crippen LogP contribution >= 0.6 is 0 Å². The van der Waals surface area contributed by atoms with E-state index in [0.29, 0.717) is 0 Å². The molecule has 0 aliphatic rings. The second-order valence-corrected chi connectivity index (χ2v) is 4.37. The third-order valence-corrected chi connectivity index (χ3v) is 3.29. The number of amides is 1. The minimum Gasteiger partial charge on any atom is -0.409 e. The highest BCUT2D eigenvalue weighted by Gasteiger charge is 2.42. The van der Waals surface area contributed by atoms with Crippen molar-refractivity contribution in [3.05, 3.63) is 0 Å². The molecular weight excluding hydrogens is 263 g/mol. The van der Waals surface area contributed by atoms with Gasteiger partial charge in [0.25, 0.3) is 0 Å². The normalized spacial score (nSPS) is 13.5. The first-order valence-electron chi connectivity index (χ1n) is 5.95. The third-order valence-electron chi connectivity index (χ3n) is 3.29.